The van der Waals surface area contributed by atoms with Crippen LogP contribution in [0, 0.1) is 6.92 Å². The molecule has 3 aromatic carbocycles. The molecule has 2 heterocycles. The summed E-state index contributed by atoms with van der Waals surface area (Å²) in [6, 6.07) is 19.4. The first-order chi connectivity index (χ1) is 17.8. The van der Waals surface area contributed by atoms with Crippen LogP contribution in [-0.4, -0.2) is 42.8 Å². The smallest absolute Gasteiger partial charge is 0.325 e. The number of methoxy groups -OCH3 is 1. The van der Waals surface area contributed by atoms with Gasteiger partial charge in [0.1, 0.15) is 6.54 Å². The van der Waals surface area contributed by atoms with E-state index in [0.29, 0.717) is 24.3 Å². The molecule has 1 aromatic heterocycles. The lowest BCUT2D eigenvalue weighted by Crippen LogP contribution is -2.35. The minimum atomic E-state index is -3.71. The molecule has 0 spiro atoms. The average molecular weight is 536 g/mol. The summed E-state index contributed by atoms with van der Waals surface area (Å²) < 4.78 is 35.3. The van der Waals surface area contributed by atoms with Gasteiger partial charge in [-0.3, -0.25) is 9.59 Å². The van der Waals surface area contributed by atoms with Gasteiger partial charge in [-0.05, 0) is 66.4 Å². The highest BCUT2D eigenvalue weighted by atomic mass is 32.2. The second-order valence-corrected chi connectivity index (χ2v) is 11.8. The van der Waals surface area contributed by atoms with Crippen LogP contribution in [0.2, 0.25) is 0 Å². The Bertz CT molecular complexity index is 1690. The largest absolute Gasteiger partial charge is 0.468 e. The van der Waals surface area contributed by atoms with Gasteiger partial charge in [-0.15, -0.1) is 0 Å². The van der Waals surface area contributed by atoms with Crippen molar-refractivity contribution in [2.24, 2.45) is 4.99 Å². The summed E-state index contributed by atoms with van der Waals surface area (Å²) in [6.45, 7) is 2.60. The highest BCUT2D eigenvalue weighted by Gasteiger charge is 2.28. The van der Waals surface area contributed by atoms with Crippen molar-refractivity contribution in [3.05, 3.63) is 93.8 Å². The van der Waals surface area contributed by atoms with Gasteiger partial charge in [0.15, 0.2) is 4.80 Å². The van der Waals surface area contributed by atoms with E-state index in [0.717, 1.165) is 26.9 Å². The molecule has 4 aromatic rings. The number of hydrogen-bond donors (Lipinski definition) is 0. The Morgan fingerprint density at radius 3 is 2.49 bits per heavy atom. The normalized spacial score (nSPS) is 14.5. The Morgan fingerprint density at radius 1 is 1.03 bits per heavy atom. The molecule has 190 valence electrons. The predicted molar refractivity (Wildman–Crippen MR) is 141 cm³/mol. The van der Waals surface area contributed by atoms with Gasteiger partial charge in [0.05, 0.1) is 22.2 Å². The molecule has 1 aliphatic rings. The lowest BCUT2D eigenvalue weighted by molar-refractivity contribution is -0.141. The summed E-state index contributed by atoms with van der Waals surface area (Å²) >= 11 is 1.30. The molecule has 0 aliphatic carbocycles. The van der Waals surface area contributed by atoms with E-state index in [-0.39, 0.29) is 17.0 Å². The Kier molecular flexibility index (Phi) is 6.80. The topological polar surface area (TPSA) is 98.0 Å². The third-order valence-corrected chi connectivity index (χ3v) is 9.29. The summed E-state index contributed by atoms with van der Waals surface area (Å²) in [5.74, 6) is -0.984. The fourth-order valence-electron chi connectivity index (χ4n) is 4.36. The van der Waals surface area contributed by atoms with Crippen LogP contribution in [0.25, 0.3) is 10.2 Å². The summed E-state index contributed by atoms with van der Waals surface area (Å²) in [4.78, 5) is 29.8. The molecule has 10 heteroatoms. The van der Waals surface area contributed by atoms with Crippen LogP contribution in [0.15, 0.2) is 76.6 Å². The first kappa shape index (κ1) is 25.1. The van der Waals surface area contributed by atoms with Crippen molar-refractivity contribution in [1.29, 1.82) is 0 Å². The van der Waals surface area contributed by atoms with Gasteiger partial charge < -0.3 is 9.30 Å². The van der Waals surface area contributed by atoms with Gasteiger partial charge in [0, 0.05) is 18.7 Å². The number of fused-ring (bicyclic) bond motifs is 2. The zero-order valence-electron chi connectivity index (χ0n) is 20.4. The molecule has 0 radical (unpaired) electrons. The van der Waals surface area contributed by atoms with Gasteiger partial charge in [-0.25, -0.2) is 8.42 Å². The van der Waals surface area contributed by atoms with E-state index in [4.69, 9.17) is 4.74 Å². The van der Waals surface area contributed by atoms with Crippen molar-refractivity contribution < 1.29 is 22.7 Å². The van der Waals surface area contributed by atoms with E-state index in [9.17, 15) is 18.0 Å². The van der Waals surface area contributed by atoms with Gasteiger partial charge in [-0.1, -0.05) is 41.7 Å². The zero-order valence-corrected chi connectivity index (χ0v) is 22.0. The molecule has 0 saturated carbocycles. The molecule has 1 aliphatic heterocycles. The number of esters is 1. The summed E-state index contributed by atoms with van der Waals surface area (Å²) in [5.41, 5.74) is 4.24. The quantitative estimate of drug-likeness (QED) is 0.363. The molecular weight excluding hydrogens is 510 g/mol. The van der Waals surface area contributed by atoms with Crippen molar-refractivity contribution >= 4 is 43.5 Å². The van der Waals surface area contributed by atoms with Crippen LogP contribution in [0.3, 0.4) is 0 Å². The van der Waals surface area contributed by atoms with Crippen molar-refractivity contribution in [3.8, 4) is 0 Å². The number of benzene rings is 3. The molecule has 0 atom stereocenters. The number of aromatic nitrogens is 1. The number of nitrogens with zero attached hydrogens (tertiary/aromatic N) is 3. The number of ether oxygens (including phenoxy) is 1. The molecule has 5 rings (SSSR count). The van der Waals surface area contributed by atoms with Gasteiger partial charge in [-0.2, -0.15) is 9.30 Å². The number of aryl methyl sites for hydroxylation is 1. The third kappa shape index (κ3) is 5.00. The highest BCUT2D eigenvalue weighted by molar-refractivity contribution is 7.89. The summed E-state index contributed by atoms with van der Waals surface area (Å²) in [5, 5.41) is 0. The number of carbonyl (C=O) groups is 2. The Morgan fingerprint density at radius 2 is 1.76 bits per heavy atom. The van der Waals surface area contributed by atoms with Crippen LogP contribution in [0.1, 0.15) is 27.0 Å². The molecular formula is C27H25N3O5S2. The predicted octanol–water partition coefficient (Wildman–Crippen LogP) is 3.67. The summed E-state index contributed by atoms with van der Waals surface area (Å²) in [7, 11) is -2.41. The molecule has 37 heavy (non-hydrogen) atoms. The standard InChI is InChI=1S/C27H25N3O5S2/c1-18-7-12-23-24(15-18)36-27(30(23)17-25(31)35-2)28-26(32)20-8-10-22(11-9-20)37(33,34)29-14-13-19-5-3-4-6-21(19)16-29/h3-12,15H,13-14,16-17H2,1-2H3. The fourth-order valence-corrected chi connectivity index (χ4v) is 6.90. The maximum Gasteiger partial charge on any atom is 0.325 e. The molecule has 0 unspecified atom stereocenters. The minimum Gasteiger partial charge on any atom is -0.468 e. The lowest BCUT2D eigenvalue weighted by Gasteiger charge is -2.28. The zero-order chi connectivity index (χ0) is 26.2. The van der Waals surface area contributed by atoms with E-state index in [2.05, 4.69) is 4.99 Å². The fraction of sp³-hybridized carbons (Fsp3) is 0.222. The number of thiazole rings is 1. The van der Waals surface area contributed by atoms with Gasteiger partial charge >= 0.3 is 5.97 Å². The van der Waals surface area contributed by atoms with Crippen LogP contribution in [-0.2, 0) is 39.1 Å². The van der Waals surface area contributed by atoms with Crippen molar-refractivity contribution in [2.45, 2.75) is 31.3 Å². The maximum absolute atomic E-state index is 13.2. The molecule has 0 fully saturated rings. The van der Waals surface area contributed by atoms with Crippen LogP contribution in [0.4, 0.5) is 0 Å². The number of carbonyl (C=O) groups excluding carboxylic acids is 2. The van der Waals surface area contributed by atoms with Crippen LogP contribution < -0.4 is 4.80 Å². The van der Waals surface area contributed by atoms with Gasteiger partial charge in [0.25, 0.3) is 5.91 Å². The average Bonchev–Trinajstić information content (AvgIpc) is 3.23. The molecule has 0 bridgehead atoms. The van der Waals surface area contributed by atoms with Crippen LogP contribution in [0.5, 0.6) is 0 Å². The van der Waals surface area contributed by atoms with E-state index in [1.165, 1.54) is 47.0 Å². The van der Waals surface area contributed by atoms with Crippen molar-refractivity contribution in [1.82, 2.24) is 8.87 Å². The van der Waals surface area contributed by atoms with Crippen LogP contribution >= 0.6 is 11.3 Å². The Labute approximate surface area is 218 Å². The van der Waals surface area contributed by atoms with E-state index >= 15 is 0 Å². The second-order valence-electron chi connectivity index (χ2n) is 8.82. The minimum absolute atomic E-state index is 0.0815. The lowest BCUT2D eigenvalue weighted by atomic mass is 10.0. The van der Waals surface area contributed by atoms with E-state index in [1.54, 1.807) is 4.57 Å². The number of rotatable bonds is 5. The molecule has 8 nitrogen and oxygen atoms in total. The maximum atomic E-state index is 13.2. The van der Waals surface area contributed by atoms with E-state index < -0.39 is 21.9 Å². The highest BCUT2D eigenvalue weighted by Crippen LogP contribution is 2.25. The Balaban J connectivity index is 1.43. The van der Waals surface area contributed by atoms with Crippen molar-refractivity contribution in [2.75, 3.05) is 13.7 Å². The van der Waals surface area contributed by atoms with E-state index in [1.807, 2.05) is 49.4 Å². The van der Waals surface area contributed by atoms with Crippen molar-refractivity contribution in [3.63, 3.8) is 0 Å². The first-order valence-electron chi connectivity index (χ1n) is 11.7. The molecule has 1 amide bonds. The molecule has 0 N–H and O–H groups in total. The summed E-state index contributed by atoms with van der Waals surface area (Å²) in [6.07, 6.45) is 0.658. The monoisotopic (exact) mass is 535 g/mol. The Hall–Kier alpha value is -3.60. The first-order valence-corrected chi connectivity index (χ1v) is 13.9. The SMILES string of the molecule is COC(=O)Cn1c(=NC(=O)c2ccc(S(=O)(=O)N3CCc4ccccc4C3)cc2)sc2cc(C)ccc21. The second kappa shape index (κ2) is 10.0. The molecule has 0 saturated heterocycles. The van der Waals surface area contributed by atoms with Gasteiger partial charge in [0.2, 0.25) is 10.0 Å². The number of sulfonamides is 1. The number of amides is 1. The number of hydrogen-bond acceptors (Lipinski definition) is 6. The third-order valence-electron chi connectivity index (χ3n) is 6.38.